The molecule has 0 saturated carbocycles. The monoisotopic (exact) mass is 367 g/mol. The number of benzene rings is 2. The van der Waals surface area contributed by atoms with Gasteiger partial charge in [-0.3, -0.25) is 4.72 Å². The summed E-state index contributed by atoms with van der Waals surface area (Å²) in [6, 6.07) is 9.70. The molecular formula is C17H19F2N3O2S. The smallest absolute Gasteiger partial charge is 0.267 e. The molecule has 1 N–H and O–H groups in total. The summed E-state index contributed by atoms with van der Waals surface area (Å²) in [6.45, 7) is 3.70. The van der Waals surface area contributed by atoms with Gasteiger partial charge in [0.25, 0.3) is 10.0 Å². The second-order valence-electron chi connectivity index (χ2n) is 5.99. The topological polar surface area (TPSA) is 52.6 Å². The lowest BCUT2D eigenvalue weighted by molar-refractivity contribution is 0.313. The highest BCUT2D eigenvalue weighted by atomic mass is 32.2. The van der Waals surface area contributed by atoms with Gasteiger partial charge < -0.3 is 9.80 Å². The molecule has 0 unspecified atom stereocenters. The number of rotatable bonds is 4. The van der Waals surface area contributed by atoms with Crippen LogP contribution in [0, 0.1) is 11.6 Å². The maximum atomic E-state index is 13.7. The molecule has 0 spiro atoms. The quantitative estimate of drug-likeness (QED) is 0.902. The molecule has 2 aromatic carbocycles. The first kappa shape index (κ1) is 17.6. The fraction of sp³-hybridized carbons (Fsp3) is 0.294. The van der Waals surface area contributed by atoms with Crippen molar-refractivity contribution in [2.75, 3.05) is 42.8 Å². The van der Waals surface area contributed by atoms with Gasteiger partial charge in [-0.1, -0.05) is 6.07 Å². The Bertz CT molecular complexity index is 828. The van der Waals surface area contributed by atoms with Gasteiger partial charge in [-0.25, -0.2) is 17.2 Å². The van der Waals surface area contributed by atoms with Crippen molar-refractivity contribution in [3.05, 3.63) is 54.1 Å². The van der Waals surface area contributed by atoms with Crippen molar-refractivity contribution in [1.82, 2.24) is 4.90 Å². The number of anilines is 2. The van der Waals surface area contributed by atoms with E-state index in [4.69, 9.17) is 0 Å². The summed E-state index contributed by atoms with van der Waals surface area (Å²) >= 11 is 0. The van der Waals surface area contributed by atoms with Gasteiger partial charge in [-0.2, -0.15) is 0 Å². The van der Waals surface area contributed by atoms with Crippen LogP contribution in [0.25, 0.3) is 0 Å². The molecule has 0 bridgehead atoms. The average Bonchev–Trinajstić information content (AvgIpc) is 2.55. The van der Waals surface area contributed by atoms with Crippen molar-refractivity contribution in [1.29, 1.82) is 0 Å². The van der Waals surface area contributed by atoms with Crippen molar-refractivity contribution in [3.8, 4) is 0 Å². The highest BCUT2D eigenvalue weighted by Gasteiger charge is 2.24. The number of piperazine rings is 1. The van der Waals surface area contributed by atoms with Crippen LogP contribution in [-0.2, 0) is 10.0 Å². The number of likely N-dealkylation sites (N-methyl/N-ethyl adjacent to an activating group) is 1. The summed E-state index contributed by atoms with van der Waals surface area (Å²) in [4.78, 5) is 3.47. The third-order valence-corrected chi connectivity index (χ3v) is 5.61. The predicted molar refractivity (Wildman–Crippen MR) is 93.3 cm³/mol. The molecule has 3 rings (SSSR count). The largest absolute Gasteiger partial charge is 0.369 e. The van der Waals surface area contributed by atoms with Crippen molar-refractivity contribution >= 4 is 21.4 Å². The minimum absolute atomic E-state index is 0.250. The van der Waals surface area contributed by atoms with Crippen LogP contribution in [0.3, 0.4) is 0 Å². The van der Waals surface area contributed by atoms with E-state index < -0.39 is 26.6 Å². The molecule has 1 aliphatic heterocycles. The molecule has 0 atom stereocenters. The number of hydrogen-bond acceptors (Lipinski definition) is 4. The zero-order valence-electron chi connectivity index (χ0n) is 13.7. The molecular weight excluding hydrogens is 348 g/mol. The number of hydrogen-bond donors (Lipinski definition) is 1. The van der Waals surface area contributed by atoms with Crippen LogP contribution in [0.2, 0.25) is 0 Å². The third-order valence-electron chi connectivity index (χ3n) is 4.18. The summed E-state index contributed by atoms with van der Waals surface area (Å²) in [5, 5.41) is 0. The van der Waals surface area contributed by atoms with Gasteiger partial charge >= 0.3 is 0 Å². The Labute approximate surface area is 145 Å². The van der Waals surface area contributed by atoms with Crippen LogP contribution in [0.5, 0.6) is 0 Å². The highest BCUT2D eigenvalue weighted by molar-refractivity contribution is 7.92. The van der Waals surface area contributed by atoms with E-state index in [0.29, 0.717) is 0 Å². The minimum Gasteiger partial charge on any atom is -0.369 e. The van der Waals surface area contributed by atoms with E-state index in [0.717, 1.165) is 50.1 Å². The van der Waals surface area contributed by atoms with Crippen molar-refractivity contribution in [3.63, 3.8) is 0 Å². The number of nitrogens with zero attached hydrogens (tertiary/aromatic N) is 2. The Morgan fingerprint density at radius 1 is 0.920 bits per heavy atom. The first-order valence-corrected chi connectivity index (χ1v) is 9.35. The van der Waals surface area contributed by atoms with Gasteiger partial charge in [-0.15, -0.1) is 0 Å². The van der Waals surface area contributed by atoms with Crippen LogP contribution < -0.4 is 9.62 Å². The van der Waals surface area contributed by atoms with Crippen molar-refractivity contribution in [2.45, 2.75) is 4.90 Å². The normalized spacial score (nSPS) is 16.0. The molecule has 1 saturated heterocycles. The zero-order chi connectivity index (χ0) is 18.0. The molecule has 0 aromatic heterocycles. The lowest BCUT2D eigenvalue weighted by Gasteiger charge is -2.34. The second kappa shape index (κ2) is 6.97. The first-order valence-electron chi connectivity index (χ1n) is 7.87. The summed E-state index contributed by atoms with van der Waals surface area (Å²) in [7, 11) is -2.27. The van der Waals surface area contributed by atoms with Crippen LogP contribution in [-0.4, -0.2) is 46.5 Å². The summed E-state index contributed by atoms with van der Waals surface area (Å²) < 4.78 is 54.2. The SMILES string of the molecule is CN1CCN(c2ccc(NS(=O)(=O)c3c(F)cccc3F)cc2)CC1. The second-order valence-corrected chi connectivity index (χ2v) is 7.61. The van der Waals surface area contributed by atoms with Gasteiger partial charge in [-0.05, 0) is 43.4 Å². The molecule has 0 amide bonds. The molecule has 5 nitrogen and oxygen atoms in total. The highest BCUT2D eigenvalue weighted by Crippen LogP contribution is 2.24. The molecule has 0 radical (unpaired) electrons. The Hall–Kier alpha value is -2.19. The Morgan fingerprint density at radius 3 is 2.04 bits per heavy atom. The lowest BCUT2D eigenvalue weighted by Crippen LogP contribution is -2.44. The summed E-state index contributed by atoms with van der Waals surface area (Å²) in [5.74, 6) is -2.25. The van der Waals surface area contributed by atoms with Crippen LogP contribution in [0.15, 0.2) is 47.4 Å². The lowest BCUT2D eigenvalue weighted by atomic mass is 10.2. The van der Waals surface area contributed by atoms with E-state index in [-0.39, 0.29) is 5.69 Å². The molecule has 134 valence electrons. The van der Waals surface area contributed by atoms with Gasteiger partial charge in [0.05, 0.1) is 0 Å². The van der Waals surface area contributed by atoms with E-state index in [1.54, 1.807) is 24.3 Å². The van der Waals surface area contributed by atoms with E-state index >= 15 is 0 Å². The van der Waals surface area contributed by atoms with Crippen LogP contribution >= 0.6 is 0 Å². The Morgan fingerprint density at radius 2 is 1.48 bits per heavy atom. The van der Waals surface area contributed by atoms with Crippen LogP contribution in [0.1, 0.15) is 0 Å². The zero-order valence-corrected chi connectivity index (χ0v) is 14.6. The van der Waals surface area contributed by atoms with E-state index in [1.807, 2.05) is 0 Å². The predicted octanol–water partition coefficient (Wildman–Crippen LogP) is 2.52. The summed E-state index contributed by atoms with van der Waals surface area (Å²) in [5.41, 5.74) is 1.23. The Kier molecular flexibility index (Phi) is 4.91. The molecule has 0 aliphatic carbocycles. The molecule has 1 heterocycles. The third kappa shape index (κ3) is 3.91. The molecule has 2 aromatic rings. The first-order chi connectivity index (χ1) is 11.9. The Balaban J connectivity index is 1.77. The fourth-order valence-corrected chi connectivity index (χ4v) is 3.95. The molecule has 1 fully saturated rings. The van der Waals surface area contributed by atoms with E-state index in [2.05, 4.69) is 21.6 Å². The van der Waals surface area contributed by atoms with Gasteiger partial charge in [0.1, 0.15) is 11.6 Å². The average molecular weight is 367 g/mol. The van der Waals surface area contributed by atoms with Gasteiger partial charge in [0, 0.05) is 37.6 Å². The van der Waals surface area contributed by atoms with Crippen molar-refractivity contribution < 1.29 is 17.2 Å². The molecule has 25 heavy (non-hydrogen) atoms. The van der Waals surface area contributed by atoms with E-state index in [1.165, 1.54) is 0 Å². The minimum atomic E-state index is -4.34. The molecule has 8 heteroatoms. The number of nitrogens with one attached hydrogen (secondary N) is 1. The van der Waals surface area contributed by atoms with Gasteiger partial charge in [0.15, 0.2) is 4.90 Å². The fourth-order valence-electron chi connectivity index (χ4n) is 2.75. The van der Waals surface area contributed by atoms with Crippen molar-refractivity contribution in [2.24, 2.45) is 0 Å². The molecule has 1 aliphatic rings. The van der Waals surface area contributed by atoms with E-state index in [9.17, 15) is 17.2 Å². The maximum Gasteiger partial charge on any atom is 0.267 e. The summed E-state index contributed by atoms with van der Waals surface area (Å²) in [6.07, 6.45) is 0. The maximum absolute atomic E-state index is 13.7. The standard InChI is InChI=1S/C17H19F2N3O2S/c1-21-9-11-22(12-10-21)14-7-5-13(6-8-14)20-25(23,24)17-15(18)3-2-4-16(17)19/h2-8,20H,9-12H2,1H3. The van der Waals surface area contributed by atoms with Gasteiger partial charge in [0.2, 0.25) is 0 Å². The number of halogens is 2. The van der Waals surface area contributed by atoms with Crippen LogP contribution in [0.4, 0.5) is 20.2 Å². The number of sulfonamides is 1.